The van der Waals surface area contributed by atoms with Crippen molar-refractivity contribution in [3.8, 4) is 17.2 Å². The number of ether oxygens (including phenoxy) is 2. The fourth-order valence-electron chi connectivity index (χ4n) is 2.30. The number of alkyl halides is 1. The molecule has 0 aromatic heterocycles. The lowest BCUT2D eigenvalue weighted by Crippen LogP contribution is -2.48. The van der Waals surface area contributed by atoms with E-state index in [2.05, 4.69) is 5.32 Å². The van der Waals surface area contributed by atoms with E-state index in [0.29, 0.717) is 36.9 Å². The molecule has 0 bridgehead atoms. The molecule has 5 nitrogen and oxygen atoms in total. The van der Waals surface area contributed by atoms with E-state index in [9.17, 15) is 5.11 Å². The van der Waals surface area contributed by atoms with Crippen LogP contribution in [0.3, 0.4) is 0 Å². The Morgan fingerprint density at radius 2 is 2.17 bits per heavy atom. The number of rotatable bonds is 1. The molecule has 1 aromatic rings. The number of anilines is 1. The van der Waals surface area contributed by atoms with E-state index >= 15 is 0 Å². The van der Waals surface area contributed by atoms with E-state index in [1.165, 1.54) is 0 Å². The van der Waals surface area contributed by atoms with Crippen LogP contribution in [-0.2, 0) is 0 Å². The van der Waals surface area contributed by atoms with Crippen LogP contribution in [0.1, 0.15) is 0 Å². The van der Waals surface area contributed by atoms with Crippen LogP contribution in [0.2, 0.25) is 0 Å². The van der Waals surface area contributed by atoms with Crippen molar-refractivity contribution < 1.29 is 14.6 Å². The summed E-state index contributed by atoms with van der Waals surface area (Å²) in [4.78, 5) is 2.02. The van der Waals surface area contributed by atoms with E-state index < -0.39 is 0 Å². The number of halogens is 1. The topological polar surface area (TPSA) is 54.0 Å². The Morgan fingerprint density at radius 3 is 3.00 bits per heavy atom. The van der Waals surface area contributed by atoms with Gasteiger partial charge in [-0.3, -0.25) is 5.32 Å². The van der Waals surface area contributed by atoms with Crippen molar-refractivity contribution in [2.24, 2.45) is 0 Å². The van der Waals surface area contributed by atoms with Gasteiger partial charge in [0.25, 0.3) is 0 Å². The zero-order valence-electron chi connectivity index (χ0n) is 9.86. The number of piperazine rings is 1. The van der Waals surface area contributed by atoms with Gasteiger partial charge in [0, 0.05) is 19.6 Å². The summed E-state index contributed by atoms with van der Waals surface area (Å²) in [6.45, 7) is 3.21. The molecule has 2 N–H and O–H groups in total. The molecule has 3 rings (SSSR count). The molecule has 1 fully saturated rings. The molecule has 98 valence electrons. The molecule has 18 heavy (non-hydrogen) atoms. The molecule has 1 aromatic carbocycles. The second-order valence-corrected chi connectivity index (χ2v) is 4.85. The van der Waals surface area contributed by atoms with Crippen molar-refractivity contribution in [2.45, 2.75) is 5.50 Å². The first kappa shape index (κ1) is 11.7. The highest BCUT2D eigenvalue weighted by molar-refractivity contribution is 6.20. The number of fused-ring (bicyclic) bond motifs is 1. The molecule has 0 aliphatic carbocycles. The molecule has 0 saturated carbocycles. The van der Waals surface area contributed by atoms with Crippen molar-refractivity contribution in [1.29, 1.82) is 0 Å². The van der Waals surface area contributed by atoms with Gasteiger partial charge in [0.2, 0.25) is 0 Å². The summed E-state index contributed by atoms with van der Waals surface area (Å²) in [5, 5.41) is 13.2. The number of hydrogen-bond acceptors (Lipinski definition) is 5. The van der Waals surface area contributed by atoms with Crippen molar-refractivity contribution in [2.75, 3.05) is 37.7 Å². The maximum atomic E-state index is 10.1. The average Bonchev–Trinajstić information content (AvgIpc) is 2.38. The summed E-state index contributed by atoms with van der Waals surface area (Å²) in [6, 6.07) is 3.36. The summed E-state index contributed by atoms with van der Waals surface area (Å²) in [5.41, 5.74) is 0.554. The molecule has 1 atom stereocenters. The Bertz CT molecular complexity index is 455. The van der Waals surface area contributed by atoms with Gasteiger partial charge >= 0.3 is 0 Å². The summed E-state index contributed by atoms with van der Waals surface area (Å²) in [7, 11) is 0. The maximum Gasteiger partial charge on any atom is 0.188 e. The van der Waals surface area contributed by atoms with Crippen molar-refractivity contribution >= 4 is 17.3 Å². The monoisotopic (exact) mass is 270 g/mol. The summed E-state index contributed by atoms with van der Waals surface area (Å²) >= 11 is 6.09. The number of phenols is 1. The Hall–Kier alpha value is -1.33. The number of nitrogens with zero attached hydrogens (tertiary/aromatic N) is 1. The fourth-order valence-corrected chi connectivity index (χ4v) is 2.58. The van der Waals surface area contributed by atoms with E-state index in [1.807, 2.05) is 4.90 Å². The molecule has 1 saturated heterocycles. The SMILES string of the molecule is Oc1ccc2c(c1N1CCNC(Cl)C1)OCCO2. The van der Waals surface area contributed by atoms with Gasteiger partial charge in [-0.05, 0) is 12.1 Å². The summed E-state index contributed by atoms with van der Waals surface area (Å²) in [5.74, 6) is 1.50. The Balaban J connectivity index is 1.99. The van der Waals surface area contributed by atoms with Gasteiger partial charge in [0.15, 0.2) is 11.5 Å². The lowest BCUT2D eigenvalue weighted by Gasteiger charge is -2.35. The van der Waals surface area contributed by atoms with Crippen molar-refractivity contribution in [1.82, 2.24) is 5.32 Å². The number of phenolic OH excluding ortho intramolecular Hbond substituents is 1. The number of nitrogens with one attached hydrogen (secondary N) is 1. The first-order valence-corrected chi connectivity index (χ1v) is 6.43. The van der Waals surface area contributed by atoms with Crippen LogP contribution in [0, 0.1) is 0 Å². The quantitative estimate of drug-likeness (QED) is 0.592. The second-order valence-electron chi connectivity index (χ2n) is 4.33. The highest BCUT2D eigenvalue weighted by Crippen LogP contribution is 2.45. The first-order chi connectivity index (χ1) is 8.75. The van der Waals surface area contributed by atoms with E-state index in [0.717, 1.165) is 13.1 Å². The molecule has 2 aliphatic rings. The standard InChI is InChI=1S/C12H15ClN2O3/c13-10-7-15(4-3-14-10)11-8(16)1-2-9-12(11)18-6-5-17-9/h1-2,10,14,16H,3-7H2. The first-order valence-electron chi connectivity index (χ1n) is 5.99. The van der Waals surface area contributed by atoms with Gasteiger partial charge < -0.3 is 19.5 Å². The van der Waals surface area contributed by atoms with E-state index in [-0.39, 0.29) is 11.3 Å². The fraction of sp³-hybridized carbons (Fsp3) is 0.500. The molecule has 2 aliphatic heterocycles. The highest BCUT2D eigenvalue weighted by atomic mass is 35.5. The zero-order valence-corrected chi connectivity index (χ0v) is 10.6. The van der Waals surface area contributed by atoms with Crippen LogP contribution in [0.4, 0.5) is 5.69 Å². The van der Waals surface area contributed by atoms with E-state index in [1.54, 1.807) is 12.1 Å². The molecule has 1 unspecified atom stereocenters. The predicted molar refractivity (Wildman–Crippen MR) is 69.0 cm³/mol. The van der Waals surface area contributed by atoms with Crippen LogP contribution in [0.15, 0.2) is 12.1 Å². The number of aromatic hydroxyl groups is 1. The maximum absolute atomic E-state index is 10.1. The molecule has 6 heteroatoms. The molecule has 0 radical (unpaired) electrons. The largest absolute Gasteiger partial charge is 0.506 e. The smallest absolute Gasteiger partial charge is 0.188 e. The normalized spacial score (nSPS) is 22.9. The van der Waals surface area contributed by atoms with Crippen molar-refractivity contribution in [3.05, 3.63) is 12.1 Å². The van der Waals surface area contributed by atoms with Gasteiger partial charge in [-0.2, -0.15) is 0 Å². The average molecular weight is 271 g/mol. The van der Waals surface area contributed by atoms with Crippen LogP contribution in [0.5, 0.6) is 17.2 Å². The molecule has 2 heterocycles. The van der Waals surface area contributed by atoms with Crippen LogP contribution >= 0.6 is 11.6 Å². The van der Waals surface area contributed by atoms with Crippen LogP contribution < -0.4 is 19.7 Å². The lowest BCUT2D eigenvalue weighted by atomic mass is 10.2. The summed E-state index contributed by atoms with van der Waals surface area (Å²) in [6.07, 6.45) is 0. The van der Waals surface area contributed by atoms with Crippen LogP contribution in [0.25, 0.3) is 0 Å². The molecule has 0 amide bonds. The minimum atomic E-state index is -0.126. The van der Waals surface area contributed by atoms with Gasteiger partial charge in [0.05, 0.1) is 0 Å². The Labute approximate surface area is 110 Å². The predicted octanol–water partition coefficient (Wildman–Crippen LogP) is 1.14. The summed E-state index contributed by atoms with van der Waals surface area (Å²) < 4.78 is 11.2. The Morgan fingerprint density at radius 1 is 1.33 bits per heavy atom. The number of hydrogen-bond donors (Lipinski definition) is 2. The van der Waals surface area contributed by atoms with Gasteiger partial charge in [0.1, 0.15) is 30.2 Å². The third kappa shape index (κ3) is 2.04. The zero-order chi connectivity index (χ0) is 12.5. The third-order valence-electron chi connectivity index (χ3n) is 3.11. The van der Waals surface area contributed by atoms with Gasteiger partial charge in [-0.15, -0.1) is 11.6 Å². The van der Waals surface area contributed by atoms with Crippen molar-refractivity contribution in [3.63, 3.8) is 0 Å². The van der Waals surface area contributed by atoms with E-state index in [4.69, 9.17) is 21.1 Å². The minimum absolute atomic E-state index is 0.126. The Kier molecular flexibility index (Phi) is 3.09. The van der Waals surface area contributed by atoms with Crippen LogP contribution in [-0.4, -0.2) is 43.5 Å². The van der Waals surface area contributed by atoms with Gasteiger partial charge in [-0.25, -0.2) is 0 Å². The lowest BCUT2D eigenvalue weighted by molar-refractivity contribution is 0.171. The van der Waals surface area contributed by atoms with Gasteiger partial charge in [-0.1, -0.05) is 0 Å². The molecular weight excluding hydrogens is 256 g/mol. The number of benzene rings is 1. The third-order valence-corrected chi connectivity index (χ3v) is 3.40. The molecular formula is C12H15ClN2O3. The molecule has 0 spiro atoms. The minimum Gasteiger partial charge on any atom is -0.506 e. The highest BCUT2D eigenvalue weighted by Gasteiger charge is 2.27. The second kappa shape index (κ2) is 4.74.